The summed E-state index contributed by atoms with van der Waals surface area (Å²) in [5.41, 5.74) is 8.31. The third kappa shape index (κ3) is 5.39. The number of carbonyl (C=O) groups excluding carboxylic acids is 1. The molecule has 1 saturated heterocycles. The van der Waals surface area contributed by atoms with Gasteiger partial charge in [0, 0.05) is 37.4 Å². The number of hydrogen-bond donors (Lipinski definition) is 1. The van der Waals surface area contributed by atoms with Crippen LogP contribution in [-0.2, 0) is 6.54 Å². The Hall–Kier alpha value is -3.51. The lowest BCUT2D eigenvalue weighted by Gasteiger charge is -2.42. The molecule has 0 saturated carbocycles. The van der Waals surface area contributed by atoms with E-state index in [4.69, 9.17) is 15.2 Å². The second kappa shape index (κ2) is 10.2. The zero-order valence-electron chi connectivity index (χ0n) is 18.3. The molecule has 3 aromatic carbocycles. The van der Waals surface area contributed by atoms with E-state index in [0.717, 1.165) is 37.6 Å². The molecule has 1 fully saturated rings. The van der Waals surface area contributed by atoms with E-state index in [1.165, 1.54) is 5.56 Å². The number of piperazine rings is 1. The SMILES string of the molecule is COc1ccc(N2CCN(Cc3ccccc3)C[C@@H]2COc2cccc(C(N)=O)c2)cc1. The third-order valence-electron chi connectivity index (χ3n) is 5.78. The number of benzene rings is 3. The summed E-state index contributed by atoms with van der Waals surface area (Å²) in [5, 5.41) is 0. The normalized spacial score (nSPS) is 16.5. The van der Waals surface area contributed by atoms with Crippen LogP contribution in [0.3, 0.4) is 0 Å². The highest BCUT2D eigenvalue weighted by Gasteiger charge is 2.28. The average molecular weight is 432 g/mol. The first-order valence-corrected chi connectivity index (χ1v) is 10.8. The number of anilines is 1. The molecule has 0 unspecified atom stereocenters. The van der Waals surface area contributed by atoms with Gasteiger partial charge in [-0.05, 0) is 48.0 Å². The van der Waals surface area contributed by atoms with Gasteiger partial charge in [0.25, 0.3) is 0 Å². The van der Waals surface area contributed by atoms with Crippen LogP contribution in [0.25, 0.3) is 0 Å². The highest BCUT2D eigenvalue weighted by atomic mass is 16.5. The summed E-state index contributed by atoms with van der Waals surface area (Å²) in [4.78, 5) is 16.4. The Balaban J connectivity index is 1.50. The lowest BCUT2D eigenvalue weighted by Crippen LogP contribution is -2.55. The summed E-state index contributed by atoms with van der Waals surface area (Å²) in [5.74, 6) is 1.03. The van der Waals surface area contributed by atoms with Crippen molar-refractivity contribution in [3.8, 4) is 11.5 Å². The number of primary amides is 1. The molecule has 0 radical (unpaired) electrons. The minimum Gasteiger partial charge on any atom is -0.497 e. The predicted octanol–water partition coefficient (Wildman–Crippen LogP) is 3.56. The first kappa shape index (κ1) is 21.7. The Labute approximate surface area is 189 Å². The molecule has 166 valence electrons. The van der Waals surface area contributed by atoms with Crippen molar-refractivity contribution < 1.29 is 14.3 Å². The Kier molecular flexibility index (Phi) is 6.92. The summed E-state index contributed by atoms with van der Waals surface area (Å²) in [6.07, 6.45) is 0. The first-order valence-electron chi connectivity index (χ1n) is 10.8. The smallest absolute Gasteiger partial charge is 0.248 e. The topological polar surface area (TPSA) is 68.0 Å². The highest BCUT2D eigenvalue weighted by Crippen LogP contribution is 2.25. The van der Waals surface area contributed by atoms with Gasteiger partial charge >= 0.3 is 0 Å². The summed E-state index contributed by atoms with van der Waals surface area (Å²) in [6, 6.07) is 25.9. The summed E-state index contributed by atoms with van der Waals surface area (Å²) in [7, 11) is 1.67. The van der Waals surface area contributed by atoms with Crippen molar-refractivity contribution in [3.63, 3.8) is 0 Å². The third-order valence-corrected chi connectivity index (χ3v) is 5.78. The Morgan fingerprint density at radius 3 is 2.47 bits per heavy atom. The van der Waals surface area contributed by atoms with Crippen molar-refractivity contribution in [3.05, 3.63) is 90.0 Å². The minimum atomic E-state index is -0.456. The molecule has 1 heterocycles. The molecule has 0 aromatic heterocycles. The number of methoxy groups -OCH3 is 1. The zero-order chi connectivity index (χ0) is 22.3. The fourth-order valence-corrected chi connectivity index (χ4v) is 4.09. The van der Waals surface area contributed by atoms with Crippen LogP contribution in [0.1, 0.15) is 15.9 Å². The van der Waals surface area contributed by atoms with Crippen molar-refractivity contribution in [1.29, 1.82) is 0 Å². The molecule has 0 aliphatic carbocycles. The van der Waals surface area contributed by atoms with Gasteiger partial charge in [0.15, 0.2) is 0 Å². The molecule has 6 heteroatoms. The number of amides is 1. The van der Waals surface area contributed by atoms with Crippen molar-refractivity contribution in [2.75, 3.05) is 38.3 Å². The standard InChI is InChI=1S/C26H29N3O3/c1-31-24-12-10-22(11-13-24)29-15-14-28(17-20-6-3-2-4-7-20)18-23(29)19-32-25-9-5-8-21(16-25)26(27)30/h2-13,16,23H,14-15,17-19H2,1H3,(H2,27,30)/t23-/m1/s1. The maximum absolute atomic E-state index is 11.5. The van der Waals surface area contributed by atoms with E-state index in [1.807, 2.05) is 24.3 Å². The van der Waals surface area contributed by atoms with Crippen LogP contribution in [0.15, 0.2) is 78.9 Å². The van der Waals surface area contributed by atoms with E-state index in [1.54, 1.807) is 25.3 Å². The van der Waals surface area contributed by atoms with Crippen LogP contribution in [0.5, 0.6) is 11.5 Å². The van der Waals surface area contributed by atoms with Gasteiger partial charge in [-0.1, -0.05) is 36.4 Å². The van der Waals surface area contributed by atoms with Crippen molar-refractivity contribution in [2.45, 2.75) is 12.6 Å². The van der Waals surface area contributed by atoms with Crippen molar-refractivity contribution in [2.24, 2.45) is 5.73 Å². The molecule has 3 aromatic rings. The summed E-state index contributed by atoms with van der Waals surface area (Å²) in [6.45, 7) is 4.14. The van der Waals surface area contributed by atoms with Gasteiger partial charge in [-0.15, -0.1) is 0 Å². The largest absolute Gasteiger partial charge is 0.497 e. The van der Waals surface area contributed by atoms with Crippen molar-refractivity contribution in [1.82, 2.24) is 4.90 Å². The molecule has 1 aliphatic rings. The van der Waals surface area contributed by atoms with Crippen LogP contribution < -0.4 is 20.1 Å². The molecule has 0 spiro atoms. The molecule has 2 N–H and O–H groups in total. The Morgan fingerprint density at radius 2 is 1.75 bits per heavy atom. The van der Waals surface area contributed by atoms with Crippen LogP contribution in [0.4, 0.5) is 5.69 Å². The van der Waals surface area contributed by atoms with Gasteiger partial charge < -0.3 is 20.1 Å². The van der Waals surface area contributed by atoms with Gasteiger partial charge in [0.05, 0.1) is 13.2 Å². The van der Waals surface area contributed by atoms with Crippen molar-refractivity contribution >= 4 is 11.6 Å². The fourth-order valence-electron chi connectivity index (χ4n) is 4.09. The Morgan fingerprint density at radius 1 is 0.969 bits per heavy atom. The number of carbonyl (C=O) groups is 1. The first-order chi connectivity index (χ1) is 15.6. The van der Waals surface area contributed by atoms with E-state index in [9.17, 15) is 4.79 Å². The summed E-state index contributed by atoms with van der Waals surface area (Å²) >= 11 is 0. The fraction of sp³-hybridized carbons (Fsp3) is 0.269. The van der Waals surface area contributed by atoms with E-state index in [2.05, 4.69) is 46.2 Å². The quantitative estimate of drug-likeness (QED) is 0.591. The molecule has 32 heavy (non-hydrogen) atoms. The Bertz CT molecular complexity index is 1020. The number of nitrogens with two attached hydrogens (primary N) is 1. The lowest BCUT2D eigenvalue weighted by atomic mass is 10.1. The molecule has 4 rings (SSSR count). The lowest BCUT2D eigenvalue weighted by molar-refractivity contribution is 0.0999. The van der Waals surface area contributed by atoms with Gasteiger partial charge in [0.2, 0.25) is 5.91 Å². The van der Waals surface area contributed by atoms with E-state index >= 15 is 0 Å². The molecule has 6 nitrogen and oxygen atoms in total. The van der Waals surface area contributed by atoms with E-state index < -0.39 is 5.91 Å². The van der Waals surface area contributed by atoms with Crippen LogP contribution in [0, 0.1) is 0 Å². The molecule has 1 atom stereocenters. The maximum atomic E-state index is 11.5. The minimum absolute atomic E-state index is 0.151. The molecular formula is C26H29N3O3. The summed E-state index contributed by atoms with van der Waals surface area (Å²) < 4.78 is 11.4. The van der Waals surface area contributed by atoms with Gasteiger partial charge in [0.1, 0.15) is 18.1 Å². The van der Waals surface area contributed by atoms with Gasteiger partial charge in [-0.25, -0.2) is 0 Å². The number of rotatable bonds is 8. The van der Waals surface area contributed by atoms with Crippen LogP contribution in [0.2, 0.25) is 0 Å². The zero-order valence-corrected chi connectivity index (χ0v) is 18.3. The molecule has 1 amide bonds. The molecule has 1 aliphatic heterocycles. The van der Waals surface area contributed by atoms with E-state index in [-0.39, 0.29) is 6.04 Å². The monoisotopic (exact) mass is 431 g/mol. The number of ether oxygens (including phenoxy) is 2. The highest BCUT2D eigenvalue weighted by molar-refractivity contribution is 5.93. The number of hydrogen-bond acceptors (Lipinski definition) is 5. The average Bonchev–Trinajstić information content (AvgIpc) is 2.84. The second-order valence-corrected chi connectivity index (χ2v) is 7.97. The predicted molar refractivity (Wildman–Crippen MR) is 126 cm³/mol. The molecule has 0 bridgehead atoms. The van der Waals surface area contributed by atoms with E-state index in [0.29, 0.717) is 17.9 Å². The maximum Gasteiger partial charge on any atom is 0.248 e. The van der Waals surface area contributed by atoms with Crippen LogP contribution in [-0.4, -0.2) is 50.2 Å². The number of nitrogens with zero attached hydrogens (tertiary/aromatic N) is 2. The van der Waals surface area contributed by atoms with Gasteiger partial charge in [-0.3, -0.25) is 9.69 Å². The van der Waals surface area contributed by atoms with Crippen LogP contribution >= 0.6 is 0 Å². The molecular weight excluding hydrogens is 402 g/mol. The van der Waals surface area contributed by atoms with Gasteiger partial charge in [-0.2, -0.15) is 0 Å². The second-order valence-electron chi connectivity index (χ2n) is 7.97.